The highest BCUT2D eigenvalue weighted by atomic mass is 32.2. The molecular formula is C23H19F6NO5S. The summed E-state index contributed by atoms with van der Waals surface area (Å²) in [7, 11) is -3.86. The van der Waals surface area contributed by atoms with Crippen LogP contribution in [0.1, 0.15) is 39.7 Å². The zero-order valence-corrected chi connectivity index (χ0v) is 19.4. The molecule has 0 atom stereocenters. The molecule has 0 saturated carbocycles. The summed E-state index contributed by atoms with van der Waals surface area (Å²) >= 11 is 0. The smallest absolute Gasteiger partial charge is 0.416 e. The van der Waals surface area contributed by atoms with Gasteiger partial charge in [0, 0.05) is 12.1 Å². The maximum Gasteiger partial charge on any atom is 0.416 e. The molecule has 1 amide bonds. The van der Waals surface area contributed by atoms with Crippen LogP contribution in [0.3, 0.4) is 0 Å². The van der Waals surface area contributed by atoms with Gasteiger partial charge in [0.2, 0.25) is 0 Å². The quantitative estimate of drug-likeness (QED) is 0.266. The van der Waals surface area contributed by atoms with Crippen molar-refractivity contribution in [1.29, 1.82) is 0 Å². The molecule has 1 aromatic heterocycles. The van der Waals surface area contributed by atoms with Crippen molar-refractivity contribution < 1.29 is 48.2 Å². The lowest BCUT2D eigenvalue weighted by Crippen LogP contribution is -2.30. The first kappa shape index (κ1) is 27.1. The largest absolute Gasteiger partial charge is 0.467 e. The van der Waals surface area contributed by atoms with Gasteiger partial charge in [-0.05, 0) is 55.0 Å². The van der Waals surface area contributed by atoms with E-state index in [1.807, 2.05) is 0 Å². The fourth-order valence-corrected chi connectivity index (χ4v) is 3.69. The van der Waals surface area contributed by atoms with Gasteiger partial charge in [-0.2, -0.15) is 34.8 Å². The fraction of sp³-hybridized carbons (Fsp3) is 0.261. The minimum absolute atomic E-state index is 0.0668. The minimum Gasteiger partial charge on any atom is -0.467 e. The second kappa shape index (κ2) is 10.2. The number of nitrogens with zero attached hydrogens (tertiary/aromatic N) is 1. The molecule has 0 saturated heterocycles. The standard InChI is InChI=1S/C23H19F6NO5S/c1-2-36(32,33)35-19-6-3-5-15(9-19)13-30(14-20-7-4-8-34-20)21(31)16-10-17(22(24,25)26)12-18(11-16)23(27,28)29/h3-12H,2,13-14H2,1H3. The predicted molar refractivity (Wildman–Crippen MR) is 115 cm³/mol. The Morgan fingerprint density at radius 2 is 1.56 bits per heavy atom. The average Bonchev–Trinajstić information content (AvgIpc) is 3.30. The summed E-state index contributed by atoms with van der Waals surface area (Å²) in [6.45, 7) is 0.773. The molecular weight excluding hydrogens is 516 g/mol. The Labute approximate surface area is 202 Å². The lowest BCUT2D eigenvalue weighted by Gasteiger charge is -2.23. The van der Waals surface area contributed by atoms with Crippen LogP contribution in [0.4, 0.5) is 26.3 Å². The minimum atomic E-state index is -5.13. The molecule has 3 aromatic rings. The van der Waals surface area contributed by atoms with E-state index in [4.69, 9.17) is 8.60 Å². The third kappa shape index (κ3) is 7.03. The number of hydrogen-bond donors (Lipinski definition) is 0. The van der Waals surface area contributed by atoms with E-state index in [-0.39, 0.29) is 36.4 Å². The number of carbonyl (C=O) groups is 1. The van der Waals surface area contributed by atoms with Gasteiger partial charge < -0.3 is 13.5 Å². The molecule has 0 unspecified atom stereocenters. The van der Waals surface area contributed by atoms with Gasteiger partial charge in [-0.15, -0.1) is 0 Å². The van der Waals surface area contributed by atoms with Crippen molar-refractivity contribution in [2.24, 2.45) is 0 Å². The molecule has 194 valence electrons. The number of alkyl halides is 6. The number of amides is 1. The van der Waals surface area contributed by atoms with Gasteiger partial charge in [0.15, 0.2) is 0 Å². The van der Waals surface area contributed by atoms with Crippen molar-refractivity contribution in [1.82, 2.24) is 4.90 Å². The molecule has 2 aromatic carbocycles. The first-order chi connectivity index (χ1) is 16.7. The summed E-state index contributed by atoms with van der Waals surface area (Å²) in [5.41, 5.74) is -3.77. The molecule has 0 fully saturated rings. The van der Waals surface area contributed by atoms with Gasteiger partial charge in [0.05, 0.1) is 29.7 Å². The van der Waals surface area contributed by atoms with Crippen LogP contribution in [-0.4, -0.2) is 25.0 Å². The summed E-state index contributed by atoms with van der Waals surface area (Å²) in [6, 6.07) is 9.15. The van der Waals surface area contributed by atoms with Crippen molar-refractivity contribution in [3.05, 3.63) is 88.9 Å². The van der Waals surface area contributed by atoms with Crippen molar-refractivity contribution in [2.45, 2.75) is 32.4 Å². The number of carbonyl (C=O) groups excluding carboxylic acids is 1. The number of hydrogen-bond acceptors (Lipinski definition) is 5. The maximum absolute atomic E-state index is 13.3. The summed E-state index contributed by atoms with van der Waals surface area (Å²) in [5.74, 6) is -1.29. The maximum atomic E-state index is 13.3. The van der Waals surface area contributed by atoms with Crippen molar-refractivity contribution in [3.8, 4) is 5.75 Å². The first-order valence-corrected chi connectivity index (χ1v) is 11.9. The van der Waals surface area contributed by atoms with Gasteiger partial charge in [-0.25, -0.2) is 0 Å². The zero-order valence-electron chi connectivity index (χ0n) is 18.6. The summed E-state index contributed by atoms with van der Waals surface area (Å²) < 4.78 is 113. The Hall–Kier alpha value is -3.48. The van der Waals surface area contributed by atoms with Crippen molar-refractivity contribution in [3.63, 3.8) is 0 Å². The van der Waals surface area contributed by atoms with Gasteiger partial charge >= 0.3 is 22.5 Å². The van der Waals surface area contributed by atoms with E-state index in [0.29, 0.717) is 17.7 Å². The highest BCUT2D eigenvalue weighted by Crippen LogP contribution is 2.36. The highest BCUT2D eigenvalue weighted by Gasteiger charge is 2.38. The Morgan fingerprint density at radius 1 is 0.917 bits per heavy atom. The van der Waals surface area contributed by atoms with Crippen LogP contribution in [-0.2, 0) is 35.6 Å². The highest BCUT2D eigenvalue weighted by molar-refractivity contribution is 7.87. The van der Waals surface area contributed by atoms with Gasteiger partial charge in [-0.3, -0.25) is 4.79 Å². The van der Waals surface area contributed by atoms with Crippen LogP contribution in [0.5, 0.6) is 5.75 Å². The predicted octanol–water partition coefficient (Wildman–Crippen LogP) is 5.89. The molecule has 0 radical (unpaired) electrons. The Bertz CT molecular complexity index is 1290. The van der Waals surface area contributed by atoms with Gasteiger partial charge in [0.1, 0.15) is 11.5 Å². The molecule has 36 heavy (non-hydrogen) atoms. The Balaban J connectivity index is 2.01. The second-order valence-corrected chi connectivity index (χ2v) is 9.47. The molecule has 0 aliphatic carbocycles. The summed E-state index contributed by atoms with van der Waals surface area (Å²) in [6.07, 6.45) is -8.97. The van der Waals surface area contributed by atoms with E-state index < -0.39 is 45.1 Å². The SMILES string of the molecule is CCS(=O)(=O)Oc1cccc(CN(Cc2ccco2)C(=O)c2cc(C(F)(F)F)cc(C(F)(F)F)c2)c1. The molecule has 0 spiro atoms. The second-order valence-electron chi connectivity index (χ2n) is 7.61. The average molecular weight is 535 g/mol. The lowest BCUT2D eigenvalue weighted by molar-refractivity contribution is -0.143. The molecule has 6 nitrogen and oxygen atoms in total. The van der Waals surface area contributed by atoms with E-state index in [0.717, 1.165) is 4.90 Å². The molecule has 3 rings (SSSR count). The Morgan fingerprint density at radius 3 is 2.08 bits per heavy atom. The lowest BCUT2D eigenvalue weighted by atomic mass is 10.0. The van der Waals surface area contributed by atoms with Crippen molar-refractivity contribution >= 4 is 16.0 Å². The Kier molecular flexibility index (Phi) is 7.72. The molecule has 1 heterocycles. The van der Waals surface area contributed by atoms with Crippen LogP contribution < -0.4 is 4.18 Å². The monoisotopic (exact) mass is 535 g/mol. The normalized spacial score (nSPS) is 12.4. The number of rotatable bonds is 8. The third-order valence-corrected chi connectivity index (χ3v) is 6.05. The third-order valence-electron chi connectivity index (χ3n) is 4.90. The van der Waals surface area contributed by atoms with Crippen LogP contribution in [0, 0.1) is 0 Å². The van der Waals surface area contributed by atoms with Crippen LogP contribution >= 0.6 is 0 Å². The van der Waals surface area contributed by atoms with E-state index in [1.54, 1.807) is 0 Å². The molecule has 0 aliphatic heterocycles. The molecule has 0 bridgehead atoms. The molecule has 13 heteroatoms. The summed E-state index contributed by atoms with van der Waals surface area (Å²) in [5, 5.41) is 0. The summed E-state index contributed by atoms with van der Waals surface area (Å²) in [4.78, 5) is 14.2. The van der Waals surface area contributed by atoms with E-state index >= 15 is 0 Å². The molecule has 0 aliphatic rings. The van der Waals surface area contributed by atoms with Gasteiger partial charge in [-0.1, -0.05) is 12.1 Å². The van der Waals surface area contributed by atoms with Crippen LogP contribution in [0.15, 0.2) is 65.3 Å². The number of furan rings is 1. The molecule has 0 N–H and O–H groups in total. The zero-order chi connectivity index (χ0) is 26.7. The fourth-order valence-electron chi connectivity index (χ4n) is 3.17. The van der Waals surface area contributed by atoms with Crippen LogP contribution in [0.2, 0.25) is 0 Å². The van der Waals surface area contributed by atoms with E-state index in [1.165, 1.54) is 49.6 Å². The van der Waals surface area contributed by atoms with Gasteiger partial charge in [0.25, 0.3) is 5.91 Å². The van der Waals surface area contributed by atoms with E-state index in [9.17, 15) is 39.6 Å². The number of halogens is 6. The van der Waals surface area contributed by atoms with E-state index in [2.05, 4.69) is 0 Å². The number of benzene rings is 2. The topological polar surface area (TPSA) is 76.8 Å². The van der Waals surface area contributed by atoms with Crippen LogP contribution in [0.25, 0.3) is 0 Å². The van der Waals surface area contributed by atoms with Crippen molar-refractivity contribution in [2.75, 3.05) is 5.75 Å². The first-order valence-electron chi connectivity index (χ1n) is 10.3.